The van der Waals surface area contributed by atoms with Gasteiger partial charge in [-0.2, -0.15) is 0 Å². The highest BCUT2D eigenvalue weighted by atomic mass is 16.1. The van der Waals surface area contributed by atoms with Crippen molar-refractivity contribution in [1.82, 2.24) is 5.32 Å². The van der Waals surface area contributed by atoms with Crippen molar-refractivity contribution in [3.05, 3.63) is 35.4 Å². The molecule has 0 aliphatic carbocycles. The Hall–Kier alpha value is -1.79. The summed E-state index contributed by atoms with van der Waals surface area (Å²) in [5.74, 6) is 6.06. The highest BCUT2D eigenvalue weighted by Crippen LogP contribution is 2.04. The van der Waals surface area contributed by atoms with Gasteiger partial charge in [-0.25, -0.2) is 0 Å². The Morgan fingerprint density at radius 1 is 1.47 bits per heavy atom. The van der Waals surface area contributed by atoms with E-state index in [4.69, 9.17) is 5.73 Å². The molecule has 0 unspecified atom stereocenters. The molecule has 0 bridgehead atoms. The van der Waals surface area contributed by atoms with Gasteiger partial charge in [0.05, 0.1) is 6.54 Å². The third-order valence-electron chi connectivity index (χ3n) is 2.13. The first kappa shape index (κ1) is 13.3. The van der Waals surface area contributed by atoms with Crippen LogP contribution in [-0.2, 0) is 0 Å². The summed E-state index contributed by atoms with van der Waals surface area (Å²) in [6, 6.07) is 7.24. The second-order valence-corrected chi connectivity index (χ2v) is 4.19. The lowest BCUT2D eigenvalue weighted by Crippen LogP contribution is -2.27. The van der Waals surface area contributed by atoms with Gasteiger partial charge in [0.25, 0.3) is 5.91 Å². The molecular formula is C14H18N2O. The van der Waals surface area contributed by atoms with E-state index < -0.39 is 0 Å². The normalized spacial score (nSPS) is 9.65. The largest absolute Gasteiger partial charge is 0.352 e. The van der Waals surface area contributed by atoms with Crippen LogP contribution < -0.4 is 11.1 Å². The van der Waals surface area contributed by atoms with Crippen molar-refractivity contribution in [3.8, 4) is 11.8 Å². The summed E-state index contributed by atoms with van der Waals surface area (Å²) in [6.07, 6.45) is 0. The number of carbonyl (C=O) groups excluding carboxylic acids is 1. The molecule has 0 saturated carbocycles. The van der Waals surface area contributed by atoms with E-state index in [9.17, 15) is 4.79 Å². The molecule has 0 radical (unpaired) electrons. The maximum Gasteiger partial charge on any atom is 0.251 e. The average Bonchev–Trinajstić information content (AvgIpc) is 2.33. The first-order chi connectivity index (χ1) is 8.13. The molecule has 0 atom stereocenters. The molecule has 3 nitrogen and oxygen atoms in total. The molecule has 0 aliphatic rings. The smallest absolute Gasteiger partial charge is 0.251 e. The molecule has 1 aromatic carbocycles. The third-order valence-corrected chi connectivity index (χ3v) is 2.13. The van der Waals surface area contributed by atoms with Crippen molar-refractivity contribution in [2.45, 2.75) is 13.8 Å². The Morgan fingerprint density at radius 3 is 2.88 bits per heavy atom. The van der Waals surface area contributed by atoms with E-state index in [0.717, 1.165) is 5.56 Å². The van der Waals surface area contributed by atoms with E-state index in [0.29, 0.717) is 24.6 Å². The fraction of sp³-hybridized carbons (Fsp3) is 0.357. The van der Waals surface area contributed by atoms with Crippen LogP contribution >= 0.6 is 0 Å². The van der Waals surface area contributed by atoms with Gasteiger partial charge in [0.1, 0.15) is 0 Å². The molecule has 0 saturated heterocycles. The Balaban J connectivity index is 2.74. The molecular weight excluding hydrogens is 212 g/mol. The van der Waals surface area contributed by atoms with Gasteiger partial charge in [-0.05, 0) is 24.1 Å². The molecule has 1 aromatic rings. The van der Waals surface area contributed by atoms with Gasteiger partial charge in [-0.3, -0.25) is 4.79 Å². The summed E-state index contributed by atoms with van der Waals surface area (Å²) in [7, 11) is 0. The molecule has 3 heteroatoms. The van der Waals surface area contributed by atoms with Crippen LogP contribution in [-0.4, -0.2) is 19.0 Å². The Morgan fingerprint density at radius 2 is 2.24 bits per heavy atom. The molecule has 0 aliphatic heterocycles. The lowest BCUT2D eigenvalue weighted by molar-refractivity contribution is 0.0949. The number of rotatable bonds is 3. The number of hydrogen-bond acceptors (Lipinski definition) is 2. The summed E-state index contributed by atoms with van der Waals surface area (Å²) in [5.41, 5.74) is 6.75. The van der Waals surface area contributed by atoms with Crippen molar-refractivity contribution in [2.75, 3.05) is 13.1 Å². The van der Waals surface area contributed by atoms with E-state index in [1.807, 2.05) is 12.1 Å². The number of nitrogens with one attached hydrogen (secondary N) is 1. The van der Waals surface area contributed by atoms with E-state index in [2.05, 4.69) is 31.0 Å². The zero-order valence-corrected chi connectivity index (χ0v) is 10.3. The number of benzene rings is 1. The quantitative estimate of drug-likeness (QED) is 0.771. The van der Waals surface area contributed by atoms with Crippen LogP contribution in [0.2, 0.25) is 0 Å². The number of nitrogens with two attached hydrogens (primary N) is 1. The van der Waals surface area contributed by atoms with Crippen molar-refractivity contribution in [2.24, 2.45) is 11.7 Å². The molecule has 1 rings (SSSR count). The summed E-state index contributed by atoms with van der Waals surface area (Å²) in [4.78, 5) is 11.8. The lowest BCUT2D eigenvalue weighted by Gasteiger charge is -2.07. The second kappa shape index (κ2) is 6.72. The van der Waals surface area contributed by atoms with Crippen LogP contribution in [0.25, 0.3) is 0 Å². The van der Waals surface area contributed by atoms with Gasteiger partial charge in [0.2, 0.25) is 0 Å². The lowest BCUT2D eigenvalue weighted by atomic mass is 10.1. The number of hydrogen-bond donors (Lipinski definition) is 2. The van der Waals surface area contributed by atoms with Crippen LogP contribution in [0.15, 0.2) is 24.3 Å². The molecule has 0 fully saturated rings. The fourth-order valence-corrected chi connectivity index (χ4v) is 1.29. The highest BCUT2D eigenvalue weighted by molar-refractivity contribution is 5.94. The van der Waals surface area contributed by atoms with Gasteiger partial charge in [0.15, 0.2) is 0 Å². The Bertz CT molecular complexity index is 441. The number of carbonyl (C=O) groups is 1. The average molecular weight is 230 g/mol. The SMILES string of the molecule is CC(C)CNC(=O)c1cccc(C#CCN)c1. The van der Waals surface area contributed by atoms with E-state index in [1.165, 1.54) is 0 Å². The molecule has 0 heterocycles. The first-order valence-electron chi connectivity index (χ1n) is 5.70. The van der Waals surface area contributed by atoms with Crippen LogP contribution in [0.3, 0.4) is 0 Å². The van der Waals surface area contributed by atoms with Crippen LogP contribution in [0, 0.1) is 17.8 Å². The van der Waals surface area contributed by atoms with Crippen LogP contribution in [0.1, 0.15) is 29.8 Å². The Labute approximate surface area is 102 Å². The van der Waals surface area contributed by atoms with E-state index >= 15 is 0 Å². The van der Waals surface area contributed by atoms with Gasteiger partial charge in [-0.15, -0.1) is 0 Å². The predicted molar refractivity (Wildman–Crippen MR) is 69.5 cm³/mol. The van der Waals surface area contributed by atoms with Crippen molar-refractivity contribution < 1.29 is 4.79 Å². The summed E-state index contributed by atoms with van der Waals surface area (Å²) in [6.45, 7) is 5.12. The molecule has 90 valence electrons. The van der Waals surface area contributed by atoms with Crippen molar-refractivity contribution in [1.29, 1.82) is 0 Å². The van der Waals surface area contributed by atoms with E-state index in [-0.39, 0.29) is 5.91 Å². The summed E-state index contributed by atoms with van der Waals surface area (Å²) >= 11 is 0. The highest BCUT2D eigenvalue weighted by Gasteiger charge is 2.05. The monoisotopic (exact) mass is 230 g/mol. The van der Waals surface area contributed by atoms with Gasteiger partial charge < -0.3 is 11.1 Å². The summed E-state index contributed by atoms with van der Waals surface area (Å²) < 4.78 is 0. The Kier molecular flexibility index (Phi) is 5.25. The minimum absolute atomic E-state index is 0.0601. The molecule has 0 spiro atoms. The van der Waals surface area contributed by atoms with Gasteiger partial charge in [0, 0.05) is 17.7 Å². The topological polar surface area (TPSA) is 55.1 Å². The minimum Gasteiger partial charge on any atom is -0.352 e. The second-order valence-electron chi connectivity index (χ2n) is 4.19. The maximum atomic E-state index is 11.8. The van der Waals surface area contributed by atoms with Gasteiger partial charge >= 0.3 is 0 Å². The van der Waals surface area contributed by atoms with Crippen LogP contribution in [0.4, 0.5) is 0 Å². The zero-order valence-electron chi connectivity index (χ0n) is 10.3. The molecule has 1 amide bonds. The predicted octanol–water partition coefficient (Wildman–Crippen LogP) is 1.38. The maximum absolute atomic E-state index is 11.8. The molecule has 3 N–H and O–H groups in total. The van der Waals surface area contributed by atoms with Gasteiger partial charge in [-0.1, -0.05) is 31.8 Å². The minimum atomic E-state index is -0.0601. The van der Waals surface area contributed by atoms with Crippen LogP contribution in [0.5, 0.6) is 0 Å². The first-order valence-corrected chi connectivity index (χ1v) is 5.70. The standard InChI is InChI=1S/C14H18N2O/c1-11(2)10-16-14(17)13-7-3-5-12(9-13)6-4-8-15/h3,5,7,9,11H,8,10,15H2,1-2H3,(H,16,17). The van der Waals surface area contributed by atoms with E-state index in [1.54, 1.807) is 12.1 Å². The fourth-order valence-electron chi connectivity index (χ4n) is 1.29. The molecule has 17 heavy (non-hydrogen) atoms. The molecule has 0 aromatic heterocycles. The van der Waals surface area contributed by atoms with Crippen molar-refractivity contribution >= 4 is 5.91 Å². The third kappa shape index (κ3) is 4.71. The zero-order chi connectivity index (χ0) is 12.7. The van der Waals surface area contributed by atoms with Crippen molar-refractivity contribution in [3.63, 3.8) is 0 Å². The summed E-state index contributed by atoms with van der Waals surface area (Å²) in [5, 5.41) is 2.87. The number of amides is 1.